The van der Waals surface area contributed by atoms with Crippen LogP contribution >= 0.6 is 34.7 Å². The molecule has 5 fully saturated rings. The first kappa shape index (κ1) is 85.9. The van der Waals surface area contributed by atoms with Gasteiger partial charge in [-0.05, 0) is 177 Å². The van der Waals surface area contributed by atoms with Crippen molar-refractivity contribution in [1.82, 2.24) is 49.7 Å². The van der Waals surface area contributed by atoms with Crippen molar-refractivity contribution in [1.29, 1.82) is 0 Å². The second-order valence-corrected chi connectivity index (χ2v) is 37.1. The van der Waals surface area contributed by atoms with Crippen molar-refractivity contribution >= 4 is 91.2 Å². The summed E-state index contributed by atoms with van der Waals surface area (Å²) in [5.41, 5.74) is 9.01. The Balaban J connectivity index is 0.590. The van der Waals surface area contributed by atoms with Gasteiger partial charge in [-0.2, -0.15) is 13.2 Å². The van der Waals surface area contributed by atoms with Crippen LogP contribution < -0.4 is 25.6 Å². The smallest absolute Gasteiger partial charge is 0.391 e. The molecule has 0 radical (unpaired) electrons. The van der Waals surface area contributed by atoms with Crippen molar-refractivity contribution in [2.24, 2.45) is 16.7 Å². The van der Waals surface area contributed by atoms with Crippen LogP contribution in [0.3, 0.4) is 0 Å². The Bertz CT molecular complexity index is 4420. The number of thioether (sulfide) groups is 1. The number of aliphatic hydroxyl groups is 2. The Kier molecular flexibility index (Phi) is 28.8. The molecule has 6 aliphatic rings. The molecular weight excluding hydrogens is 1540 g/mol. The number of sulfonamides is 1. The minimum absolute atomic E-state index is 0.0174. The van der Waals surface area contributed by atoms with Crippen molar-refractivity contribution in [3.8, 4) is 10.4 Å². The molecular formula is C85H110ClF3N12O10S3. The van der Waals surface area contributed by atoms with Crippen LogP contribution in [-0.4, -0.2) is 249 Å². The van der Waals surface area contributed by atoms with E-state index in [1.54, 1.807) is 47.4 Å². The lowest BCUT2D eigenvalue weighted by atomic mass is 9.71. The molecule has 1 aliphatic carbocycles. The minimum atomic E-state index is -4.98. The zero-order valence-corrected chi connectivity index (χ0v) is 69.4. The fraction of sp³-hybridized carbons (Fsp3) is 0.529. The zero-order valence-electron chi connectivity index (χ0n) is 66.1. The molecule has 5 amide bonds. The summed E-state index contributed by atoms with van der Waals surface area (Å²) in [6, 6.07) is 33.7. The molecule has 22 nitrogen and oxygen atoms in total. The highest BCUT2D eigenvalue weighted by atomic mass is 35.5. The number of ether oxygens (including phenoxy) is 1. The number of allylic oxidation sites excluding steroid dienone is 1. The maximum atomic E-state index is 14.5. The fourth-order valence-electron chi connectivity index (χ4n) is 16.6. The third kappa shape index (κ3) is 23.0. The van der Waals surface area contributed by atoms with Gasteiger partial charge in [0.1, 0.15) is 12.1 Å². The maximum Gasteiger partial charge on any atom is 0.414 e. The molecule has 6 aromatic rings. The quantitative estimate of drug-likeness (QED) is 0.0239. The number of amides is 5. The van der Waals surface area contributed by atoms with Gasteiger partial charge in [0.2, 0.25) is 23.6 Å². The second kappa shape index (κ2) is 38.3. The number of nitrogens with zero attached hydrogens (tertiary/aromatic N) is 8. The van der Waals surface area contributed by atoms with Crippen LogP contribution in [0.15, 0.2) is 142 Å². The monoisotopic (exact) mass is 1650 g/mol. The van der Waals surface area contributed by atoms with Crippen LogP contribution in [0.5, 0.6) is 0 Å². The number of halogens is 4. The molecule has 29 heteroatoms. The molecule has 6 heterocycles. The first-order valence-electron chi connectivity index (χ1n) is 39.9. The van der Waals surface area contributed by atoms with E-state index in [0.717, 1.165) is 123 Å². The van der Waals surface area contributed by atoms with Gasteiger partial charge in [-0.3, -0.25) is 43.6 Å². The van der Waals surface area contributed by atoms with Gasteiger partial charge in [0.15, 0.2) is 6.10 Å². The van der Waals surface area contributed by atoms with Crippen LogP contribution in [0, 0.1) is 23.7 Å². The van der Waals surface area contributed by atoms with E-state index in [0.29, 0.717) is 82.6 Å². The van der Waals surface area contributed by atoms with Gasteiger partial charge < -0.3 is 45.6 Å². The highest BCUT2D eigenvalue weighted by molar-refractivity contribution is 7.99. The predicted octanol–water partition coefficient (Wildman–Crippen LogP) is 11.0. The summed E-state index contributed by atoms with van der Waals surface area (Å²) in [6.45, 7) is 24.1. The number of aryl methyl sites for hydroxylation is 1. The van der Waals surface area contributed by atoms with Crippen molar-refractivity contribution in [3.63, 3.8) is 0 Å². The normalized spacial score (nSPS) is 21.3. The molecule has 7 atom stereocenters. The standard InChI is InChI=1S/C85H110ClF3N12O10S3/c1-57(60-12-14-62(15-13-60)78-58(2)90-56-113-78)91-81(107)74-49-69(102)52-101(74)82(108)79(83(3,4)5)93-76(104)53-96-31-27-59(28-32-96)46-77(105)100-40-36-98(37-41-100)55-84(6)30-26-72(61-16-20-66(86)21-17-61)65(50-84)51-97-34-38-99(39-35-97)68-22-18-63(19-23-68)80(106)94-114(109,110)71-24-25-73(64(47-71)48-75(103)85(87,88)89)92-67(29-33-95-42-44-111-45-43-95)54-112-70-10-8-7-9-11-70/h7-25,47,56-57,59,67,69,74-75,79,92,102-103H,26-46,48-55H2,1-6H3,(H,91,107)(H,93,104)(H,94,106)/t57-,67+,69+,74-,75?,79+,84?/m0/s1. The summed E-state index contributed by atoms with van der Waals surface area (Å²) in [5, 5.41) is 31.3. The molecule has 5 aliphatic heterocycles. The van der Waals surface area contributed by atoms with Gasteiger partial charge >= 0.3 is 6.18 Å². The van der Waals surface area contributed by atoms with E-state index in [4.69, 9.17) is 16.3 Å². The maximum absolute atomic E-state index is 14.5. The molecule has 6 N–H and O–H groups in total. The number of morpholine rings is 1. The molecule has 114 heavy (non-hydrogen) atoms. The fourth-order valence-corrected chi connectivity index (χ4v) is 19.6. The van der Waals surface area contributed by atoms with E-state index in [1.165, 1.54) is 33.7 Å². The number of rotatable bonds is 29. The van der Waals surface area contributed by atoms with Crippen molar-refractivity contribution in [2.45, 2.75) is 152 Å². The molecule has 12 rings (SSSR count). The van der Waals surface area contributed by atoms with Crippen LogP contribution in [0.2, 0.25) is 5.02 Å². The second-order valence-electron chi connectivity index (χ2n) is 33.1. The Hall–Kier alpha value is -7.48. The van der Waals surface area contributed by atoms with Gasteiger partial charge in [-0.25, -0.2) is 18.1 Å². The van der Waals surface area contributed by atoms with Gasteiger partial charge in [-0.15, -0.1) is 23.1 Å². The average Bonchev–Trinajstić information content (AvgIpc) is 0.859. The highest BCUT2D eigenvalue weighted by Gasteiger charge is 2.46. The van der Waals surface area contributed by atoms with E-state index >= 15 is 0 Å². The summed E-state index contributed by atoms with van der Waals surface area (Å²) < 4.78 is 77.5. The number of alkyl halides is 3. The number of carbonyl (C=O) groups is 5. The number of aromatic nitrogens is 1. The number of benzene rings is 5. The first-order chi connectivity index (χ1) is 54.4. The largest absolute Gasteiger partial charge is 0.414 e. The number of thiazole rings is 1. The van der Waals surface area contributed by atoms with Crippen LogP contribution in [0.25, 0.3) is 16.0 Å². The average molecular weight is 1650 g/mol. The van der Waals surface area contributed by atoms with E-state index in [1.807, 2.05) is 112 Å². The van der Waals surface area contributed by atoms with E-state index in [2.05, 4.69) is 69.2 Å². The lowest BCUT2D eigenvalue weighted by Crippen LogP contribution is -2.59. The third-order valence-corrected chi connectivity index (χ3v) is 27.0. The molecule has 2 unspecified atom stereocenters. The van der Waals surface area contributed by atoms with Gasteiger partial charge in [0, 0.05) is 150 Å². The lowest BCUT2D eigenvalue weighted by molar-refractivity contribution is -0.203. The van der Waals surface area contributed by atoms with Crippen molar-refractivity contribution < 1.29 is 60.5 Å². The van der Waals surface area contributed by atoms with Crippen molar-refractivity contribution in [2.75, 3.05) is 140 Å². The topological polar surface area (TPSA) is 253 Å². The summed E-state index contributed by atoms with van der Waals surface area (Å²) in [6.07, 6.45) is -4.06. The Morgan fingerprint density at radius 1 is 0.798 bits per heavy atom. The Morgan fingerprint density at radius 2 is 1.47 bits per heavy atom. The van der Waals surface area contributed by atoms with Crippen LogP contribution in [0.1, 0.15) is 125 Å². The number of β-amino-alcohol motifs (C(OH)–C–C–N with tert-alkyl or cyclic N) is 1. The molecule has 0 spiro atoms. The number of aliphatic hydroxyl groups excluding tert-OH is 2. The van der Waals surface area contributed by atoms with Gasteiger partial charge in [0.25, 0.3) is 15.9 Å². The van der Waals surface area contributed by atoms with Gasteiger partial charge in [0.05, 0.1) is 52.9 Å². The van der Waals surface area contributed by atoms with E-state index in [-0.39, 0.29) is 77.5 Å². The summed E-state index contributed by atoms with van der Waals surface area (Å²) in [5.74, 6) is -1.10. The van der Waals surface area contributed by atoms with Crippen LogP contribution in [0.4, 0.5) is 24.5 Å². The molecule has 1 aromatic heterocycles. The number of piperidine rings is 1. The number of hydrogen-bond donors (Lipinski definition) is 6. The van der Waals surface area contributed by atoms with Crippen LogP contribution in [-0.2, 0) is 40.4 Å². The number of anilines is 2. The third-order valence-electron chi connectivity index (χ3n) is 23.3. The SMILES string of the molecule is Cc1ncsc1-c1ccc([C@H](C)NC(=O)[C@@H]2C[C@@H](O)CN2C(=O)[C@@H](NC(=O)CN2CCC(CC(=O)N3CCN(CC4(C)CCC(c5ccc(Cl)cc5)=C(CN5CCN(c6ccc(C(=O)NS(=O)(=O)c7ccc(N[C@H](CCN8CCOCC8)CSc8ccccc8)c(CC(O)C(F)(F)F)c7)cc6)CC5)C4)CC3)CC2)C(C)(C)C)cc1. The summed E-state index contributed by atoms with van der Waals surface area (Å²) >= 11 is 9.58. The predicted molar refractivity (Wildman–Crippen MR) is 442 cm³/mol. The minimum Gasteiger partial charge on any atom is -0.391 e. The highest BCUT2D eigenvalue weighted by Crippen LogP contribution is 2.45. The number of nitrogens with one attached hydrogen (secondary N) is 4. The van der Waals surface area contributed by atoms with Gasteiger partial charge in [-0.1, -0.05) is 99.5 Å². The van der Waals surface area contributed by atoms with E-state index < -0.39 is 69.0 Å². The molecule has 616 valence electrons. The Labute approximate surface area is 682 Å². The number of hydrogen-bond acceptors (Lipinski definition) is 19. The number of piperazine rings is 2. The van der Waals surface area contributed by atoms with Crippen molar-refractivity contribution in [3.05, 3.63) is 165 Å². The summed E-state index contributed by atoms with van der Waals surface area (Å²) in [4.78, 5) is 91.0. The molecule has 0 bridgehead atoms. The molecule has 5 saturated heterocycles. The number of carbonyl (C=O) groups excluding carboxylic acids is 5. The molecule has 5 aromatic carbocycles. The molecule has 0 saturated carbocycles. The first-order valence-corrected chi connectivity index (χ1v) is 43.7. The zero-order chi connectivity index (χ0) is 81.1. The lowest BCUT2D eigenvalue weighted by Gasteiger charge is -2.44. The number of likely N-dealkylation sites (tertiary alicyclic amines) is 2. The van der Waals surface area contributed by atoms with E-state index in [9.17, 15) is 55.8 Å². The summed E-state index contributed by atoms with van der Waals surface area (Å²) in [7, 11) is -4.61. The Morgan fingerprint density at radius 3 is 2.13 bits per heavy atom.